The van der Waals surface area contributed by atoms with Crippen molar-refractivity contribution in [1.29, 1.82) is 0 Å². The van der Waals surface area contributed by atoms with Gasteiger partial charge in [0, 0.05) is 17.8 Å². The van der Waals surface area contributed by atoms with Gasteiger partial charge in [0.25, 0.3) is 0 Å². The van der Waals surface area contributed by atoms with E-state index in [1.807, 2.05) is 30.3 Å². The first-order chi connectivity index (χ1) is 9.70. The maximum Gasteiger partial charge on any atom is 0.304 e. The molecule has 1 atom stereocenters. The standard InChI is InChI=1S/C17H19NO2/c1-2-5-13-7-9-14(10-8-13)15(12-17(19)20)16-6-3-4-11-18-16/h3-4,6-11,15H,2,5,12H2,1H3,(H,19,20). The van der Waals surface area contributed by atoms with Gasteiger partial charge in [0.1, 0.15) is 0 Å². The molecule has 1 N–H and O–H groups in total. The van der Waals surface area contributed by atoms with Crippen molar-refractivity contribution in [1.82, 2.24) is 4.98 Å². The van der Waals surface area contributed by atoms with Gasteiger partial charge < -0.3 is 5.11 Å². The van der Waals surface area contributed by atoms with Crippen LogP contribution in [0.2, 0.25) is 0 Å². The Labute approximate surface area is 119 Å². The minimum Gasteiger partial charge on any atom is -0.481 e. The molecule has 0 aliphatic carbocycles. The molecule has 0 saturated carbocycles. The van der Waals surface area contributed by atoms with Crippen LogP contribution < -0.4 is 0 Å². The molecule has 3 heteroatoms. The van der Waals surface area contributed by atoms with Crippen LogP contribution in [-0.4, -0.2) is 16.1 Å². The molecule has 1 aromatic carbocycles. The quantitative estimate of drug-likeness (QED) is 0.871. The Balaban J connectivity index is 2.29. The molecule has 0 aliphatic heterocycles. The van der Waals surface area contributed by atoms with Crippen LogP contribution in [0.25, 0.3) is 0 Å². The highest BCUT2D eigenvalue weighted by Crippen LogP contribution is 2.26. The molecule has 104 valence electrons. The Hall–Kier alpha value is -2.16. The minimum absolute atomic E-state index is 0.0597. The summed E-state index contributed by atoms with van der Waals surface area (Å²) in [7, 11) is 0. The van der Waals surface area contributed by atoms with Crippen molar-refractivity contribution in [3.05, 3.63) is 65.5 Å². The minimum atomic E-state index is -0.807. The predicted molar refractivity (Wildman–Crippen MR) is 78.8 cm³/mol. The largest absolute Gasteiger partial charge is 0.481 e. The third-order valence-electron chi connectivity index (χ3n) is 3.34. The number of hydrogen-bond acceptors (Lipinski definition) is 2. The van der Waals surface area contributed by atoms with Gasteiger partial charge in [-0.15, -0.1) is 0 Å². The van der Waals surface area contributed by atoms with Crippen molar-refractivity contribution in [3.8, 4) is 0 Å². The average Bonchev–Trinajstić information content (AvgIpc) is 2.47. The van der Waals surface area contributed by atoms with Gasteiger partial charge in [-0.05, 0) is 29.7 Å². The summed E-state index contributed by atoms with van der Waals surface area (Å²) >= 11 is 0. The lowest BCUT2D eigenvalue weighted by molar-refractivity contribution is -0.137. The van der Waals surface area contributed by atoms with Gasteiger partial charge in [-0.3, -0.25) is 9.78 Å². The number of aliphatic carboxylic acids is 1. The average molecular weight is 269 g/mol. The van der Waals surface area contributed by atoms with E-state index < -0.39 is 5.97 Å². The summed E-state index contributed by atoms with van der Waals surface area (Å²) in [6, 6.07) is 13.8. The van der Waals surface area contributed by atoms with E-state index in [0.29, 0.717) is 0 Å². The molecule has 0 radical (unpaired) electrons. The monoisotopic (exact) mass is 269 g/mol. The molecule has 0 bridgehead atoms. The second-order valence-electron chi connectivity index (χ2n) is 4.90. The van der Waals surface area contributed by atoms with E-state index in [9.17, 15) is 4.79 Å². The zero-order chi connectivity index (χ0) is 14.4. The molecule has 20 heavy (non-hydrogen) atoms. The van der Waals surface area contributed by atoms with E-state index >= 15 is 0 Å². The molecule has 2 aromatic rings. The summed E-state index contributed by atoms with van der Waals surface area (Å²) in [5.74, 6) is -0.998. The summed E-state index contributed by atoms with van der Waals surface area (Å²) in [5, 5.41) is 9.12. The molecule has 1 heterocycles. The number of carbonyl (C=O) groups is 1. The molecule has 2 rings (SSSR count). The van der Waals surface area contributed by atoms with Crippen molar-refractivity contribution in [2.45, 2.75) is 32.1 Å². The lowest BCUT2D eigenvalue weighted by atomic mass is 9.91. The third kappa shape index (κ3) is 3.67. The first-order valence-corrected chi connectivity index (χ1v) is 6.92. The van der Waals surface area contributed by atoms with Crippen LogP contribution in [0.1, 0.15) is 42.5 Å². The van der Waals surface area contributed by atoms with Crippen LogP contribution in [0.4, 0.5) is 0 Å². The van der Waals surface area contributed by atoms with Gasteiger partial charge in [0.05, 0.1) is 6.42 Å². The van der Waals surface area contributed by atoms with Crippen LogP contribution in [-0.2, 0) is 11.2 Å². The summed E-state index contributed by atoms with van der Waals surface area (Å²) < 4.78 is 0. The fourth-order valence-corrected chi connectivity index (χ4v) is 2.36. The summed E-state index contributed by atoms with van der Waals surface area (Å²) in [5.41, 5.74) is 3.09. The number of aryl methyl sites for hydroxylation is 1. The number of hydrogen-bond donors (Lipinski definition) is 1. The SMILES string of the molecule is CCCc1ccc(C(CC(=O)O)c2ccccn2)cc1. The second kappa shape index (κ2) is 6.85. The molecular formula is C17H19NO2. The second-order valence-corrected chi connectivity index (χ2v) is 4.90. The van der Waals surface area contributed by atoms with Gasteiger partial charge in [0.2, 0.25) is 0 Å². The van der Waals surface area contributed by atoms with Crippen LogP contribution in [0.15, 0.2) is 48.7 Å². The molecule has 0 saturated heterocycles. The molecule has 0 fully saturated rings. The van der Waals surface area contributed by atoms with E-state index in [0.717, 1.165) is 24.1 Å². The van der Waals surface area contributed by atoms with Crippen molar-refractivity contribution < 1.29 is 9.90 Å². The van der Waals surface area contributed by atoms with Crippen LogP contribution in [0.5, 0.6) is 0 Å². The zero-order valence-electron chi connectivity index (χ0n) is 11.6. The van der Waals surface area contributed by atoms with Crippen molar-refractivity contribution in [2.24, 2.45) is 0 Å². The topological polar surface area (TPSA) is 50.2 Å². The number of carboxylic acid groups (broad SMARTS) is 1. The molecule has 3 nitrogen and oxygen atoms in total. The van der Waals surface area contributed by atoms with Crippen molar-refractivity contribution >= 4 is 5.97 Å². The number of benzene rings is 1. The molecular weight excluding hydrogens is 250 g/mol. The lowest BCUT2D eigenvalue weighted by Crippen LogP contribution is -2.09. The highest BCUT2D eigenvalue weighted by Gasteiger charge is 2.18. The summed E-state index contributed by atoms with van der Waals surface area (Å²) in [6.45, 7) is 2.15. The highest BCUT2D eigenvalue weighted by molar-refractivity contribution is 5.68. The molecule has 1 unspecified atom stereocenters. The van der Waals surface area contributed by atoms with Gasteiger partial charge in [-0.1, -0.05) is 43.7 Å². The van der Waals surface area contributed by atoms with Gasteiger partial charge in [-0.25, -0.2) is 0 Å². The number of carboxylic acids is 1. The Morgan fingerprint density at radius 3 is 2.50 bits per heavy atom. The first-order valence-electron chi connectivity index (χ1n) is 6.92. The highest BCUT2D eigenvalue weighted by atomic mass is 16.4. The Bertz CT molecular complexity index is 549. The fraction of sp³-hybridized carbons (Fsp3) is 0.294. The third-order valence-corrected chi connectivity index (χ3v) is 3.34. The Kier molecular flexibility index (Phi) is 4.88. The smallest absolute Gasteiger partial charge is 0.304 e. The van der Waals surface area contributed by atoms with Crippen LogP contribution in [0, 0.1) is 0 Å². The maximum atomic E-state index is 11.1. The normalized spacial score (nSPS) is 12.1. The number of nitrogens with zero attached hydrogens (tertiary/aromatic N) is 1. The number of rotatable bonds is 6. The first kappa shape index (κ1) is 14.3. The van der Waals surface area contributed by atoms with Gasteiger partial charge in [-0.2, -0.15) is 0 Å². The molecule has 0 aliphatic rings. The molecule has 0 amide bonds. The zero-order valence-corrected chi connectivity index (χ0v) is 11.6. The fourth-order valence-electron chi connectivity index (χ4n) is 2.36. The van der Waals surface area contributed by atoms with E-state index in [4.69, 9.17) is 5.11 Å². The van der Waals surface area contributed by atoms with Crippen LogP contribution >= 0.6 is 0 Å². The van der Waals surface area contributed by atoms with Gasteiger partial charge in [0.15, 0.2) is 0 Å². The van der Waals surface area contributed by atoms with Crippen molar-refractivity contribution in [2.75, 3.05) is 0 Å². The van der Waals surface area contributed by atoms with E-state index in [1.54, 1.807) is 6.20 Å². The Morgan fingerprint density at radius 1 is 1.20 bits per heavy atom. The summed E-state index contributed by atoms with van der Waals surface area (Å²) in [4.78, 5) is 15.4. The van der Waals surface area contributed by atoms with E-state index in [-0.39, 0.29) is 12.3 Å². The van der Waals surface area contributed by atoms with Crippen molar-refractivity contribution in [3.63, 3.8) is 0 Å². The molecule has 1 aromatic heterocycles. The maximum absolute atomic E-state index is 11.1. The Morgan fingerprint density at radius 2 is 1.95 bits per heavy atom. The number of aromatic nitrogens is 1. The summed E-state index contributed by atoms with van der Waals surface area (Å²) in [6.07, 6.45) is 3.92. The van der Waals surface area contributed by atoms with Gasteiger partial charge >= 0.3 is 5.97 Å². The van der Waals surface area contributed by atoms with Crippen LogP contribution in [0.3, 0.4) is 0 Å². The van der Waals surface area contributed by atoms with E-state index in [1.165, 1.54) is 5.56 Å². The lowest BCUT2D eigenvalue weighted by Gasteiger charge is -2.15. The molecule has 0 spiro atoms. The van der Waals surface area contributed by atoms with E-state index in [2.05, 4.69) is 24.0 Å². The predicted octanol–water partition coefficient (Wildman–Crippen LogP) is 3.64. The number of pyridine rings is 1.